The van der Waals surface area contributed by atoms with Gasteiger partial charge in [0.1, 0.15) is 5.52 Å². The summed E-state index contributed by atoms with van der Waals surface area (Å²) in [4.78, 5) is 0. The molecular weight excluding hydrogens is 190 g/mol. The molecule has 0 amide bonds. The summed E-state index contributed by atoms with van der Waals surface area (Å²) >= 11 is 0. The molecule has 0 bridgehead atoms. The van der Waals surface area contributed by atoms with E-state index in [0.717, 1.165) is 30.5 Å². The van der Waals surface area contributed by atoms with E-state index in [2.05, 4.69) is 10.3 Å². The number of benzene rings is 1. The molecule has 1 atom stereocenters. The zero-order valence-corrected chi connectivity index (χ0v) is 8.47. The van der Waals surface area contributed by atoms with Crippen molar-refractivity contribution in [3.05, 3.63) is 24.3 Å². The van der Waals surface area contributed by atoms with Crippen LogP contribution in [0.5, 0.6) is 0 Å². The summed E-state index contributed by atoms with van der Waals surface area (Å²) in [5, 5.41) is 8.29. The second kappa shape index (κ2) is 3.62. The van der Waals surface area contributed by atoms with Crippen molar-refractivity contribution in [2.45, 2.75) is 25.5 Å². The molecule has 1 aromatic carbocycles. The molecule has 1 saturated heterocycles. The van der Waals surface area contributed by atoms with Crippen molar-refractivity contribution in [3.8, 4) is 0 Å². The third kappa shape index (κ3) is 1.51. The standard InChI is InChI=1S/C11H13N3O/c1-2-6-10-9(5-1)12-13-14(10)11-7-3-4-8-15-11/h1-2,5-6,11H,3-4,7-8H2. The highest BCUT2D eigenvalue weighted by molar-refractivity contribution is 5.73. The molecule has 0 saturated carbocycles. The quantitative estimate of drug-likeness (QED) is 0.712. The average molecular weight is 203 g/mol. The van der Waals surface area contributed by atoms with Crippen molar-refractivity contribution in [2.24, 2.45) is 0 Å². The molecule has 2 heterocycles. The topological polar surface area (TPSA) is 39.9 Å². The van der Waals surface area contributed by atoms with Crippen molar-refractivity contribution in [2.75, 3.05) is 6.61 Å². The SMILES string of the molecule is c1ccc2c(c1)nnn2C1CCCCO1. The molecule has 1 unspecified atom stereocenters. The van der Waals surface area contributed by atoms with E-state index in [0.29, 0.717) is 0 Å². The Morgan fingerprint density at radius 2 is 2.20 bits per heavy atom. The van der Waals surface area contributed by atoms with Crippen LogP contribution in [0, 0.1) is 0 Å². The fraction of sp³-hybridized carbons (Fsp3) is 0.455. The minimum atomic E-state index is 0.0751. The van der Waals surface area contributed by atoms with E-state index in [4.69, 9.17) is 4.74 Å². The zero-order chi connectivity index (χ0) is 10.1. The Balaban J connectivity index is 2.02. The summed E-state index contributed by atoms with van der Waals surface area (Å²) in [5.74, 6) is 0. The molecule has 78 valence electrons. The largest absolute Gasteiger partial charge is 0.356 e. The molecule has 3 rings (SSSR count). The number of fused-ring (bicyclic) bond motifs is 1. The van der Waals surface area contributed by atoms with Gasteiger partial charge in [-0.1, -0.05) is 17.3 Å². The third-order valence-corrected chi connectivity index (χ3v) is 2.81. The fourth-order valence-electron chi connectivity index (χ4n) is 2.02. The highest BCUT2D eigenvalue weighted by Crippen LogP contribution is 2.24. The van der Waals surface area contributed by atoms with Gasteiger partial charge in [-0.15, -0.1) is 5.10 Å². The van der Waals surface area contributed by atoms with Crippen LogP contribution in [-0.4, -0.2) is 21.6 Å². The Kier molecular flexibility index (Phi) is 2.14. The maximum absolute atomic E-state index is 5.69. The molecule has 0 spiro atoms. The molecule has 2 aromatic rings. The Bertz CT molecular complexity index is 460. The first kappa shape index (κ1) is 8.85. The van der Waals surface area contributed by atoms with Gasteiger partial charge in [0, 0.05) is 6.61 Å². The van der Waals surface area contributed by atoms with Crippen LogP contribution < -0.4 is 0 Å². The number of para-hydroxylation sites is 1. The van der Waals surface area contributed by atoms with Crippen molar-refractivity contribution in [1.82, 2.24) is 15.0 Å². The first-order chi connectivity index (χ1) is 7.45. The highest BCUT2D eigenvalue weighted by Gasteiger charge is 2.18. The summed E-state index contributed by atoms with van der Waals surface area (Å²) in [5.41, 5.74) is 2.00. The number of hydrogen-bond donors (Lipinski definition) is 0. The minimum absolute atomic E-state index is 0.0751. The number of hydrogen-bond acceptors (Lipinski definition) is 3. The molecular formula is C11H13N3O. The van der Waals surface area contributed by atoms with Gasteiger partial charge >= 0.3 is 0 Å². The average Bonchev–Trinajstić information content (AvgIpc) is 2.74. The summed E-state index contributed by atoms with van der Waals surface area (Å²) < 4.78 is 7.59. The maximum atomic E-state index is 5.69. The van der Waals surface area contributed by atoms with Crippen LogP contribution in [0.3, 0.4) is 0 Å². The van der Waals surface area contributed by atoms with Gasteiger partial charge in [0.2, 0.25) is 0 Å². The molecule has 1 aliphatic rings. The lowest BCUT2D eigenvalue weighted by Gasteiger charge is -2.22. The van der Waals surface area contributed by atoms with Crippen LogP contribution in [0.4, 0.5) is 0 Å². The van der Waals surface area contributed by atoms with Crippen LogP contribution in [0.2, 0.25) is 0 Å². The van der Waals surface area contributed by atoms with Crippen molar-refractivity contribution in [1.29, 1.82) is 0 Å². The molecule has 1 aliphatic heterocycles. The smallest absolute Gasteiger partial charge is 0.152 e. The monoisotopic (exact) mass is 203 g/mol. The summed E-state index contributed by atoms with van der Waals surface area (Å²) in [7, 11) is 0. The van der Waals surface area contributed by atoms with Gasteiger partial charge in [0.25, 0.3) is 0 Å². The van der Waals surface area contributed by atoms with Gasteiger partial charge < -0.3 is 4.74 Å². The Hall–Kier alpha value is -1.42. The normalized spacial score (nSPS) is 22.0. The van der Waals surface area contributed by atoms with E-state index >= 15 is 0 Å². The van der Waals surface area contributed by atoms with Gasteiger partial charge in [-0.25, -0.2) is 4.68 Å². The summed E-state index contributed by atoms with van der Waals surface area (Å²) in [6.07, 6.45) is 3.47. The Labute approximate surface area is 87.8 Å². The van der Waals surface area contributed by atoms with E-state index < -0.39 is 0 Å². The van der Waals surface area contributed by atoms with Gasteiger partial charge in [-0.3, -0.25) is 0 Å². The van der Waals surface area contributed by atoms with Gasteiger partial charge in [0.05, 0.1) is 5.52 Å². The third-order valence-electron chi connectivity index (χ3n) is 2.81. The van der Waals surface area contributed by atoms with Crippen LogP contribution >= 0.6 is 0 Å². The van der Waals surface area contributed by atoms with Crippen LogP contribution in [0.1, 0.15) is 25.5 Å². The zero-order valence-electron chi connectivity index (χ0n) is 8.47. The van der Waals surface area contributed by atoms with Crippen molar-refractivity contribution in [3.63, 3.8) is 0 Å². The fourth-order valence-corrected chi connectivity index (χ4v) is 2.02. The lowest BCUT2D eigenvalue weighted by atomic mass is 10.2. The summed E-state index contributed by atoms with van der Waals surface area (Å²) in [6, 6.07) is 7.99. The van der Waals surface area contributed by atoms with Gasteiger partial charge in [0.15, 0.2) is 6.23 Å². The number of aromatic nitrogens is 3. The molecule has 4 nitrogen and oxygen atoms in total. The molecule has 1 aromatic heterocycles. The highest BCUT2D eigenvalue weighted by atomic mass is 16.5. The second-order valence-corrected chi connectivity index (χ2v) is 3.84. The Morgan fingerprint density at radius 3 is 3.07 bits per heavy atom. The Morgan fingerprint density at radius 1 is 1.27 bits per heavy atom. The van der Waals surface area contributed by atoms with E-state index in [9.17, 15) is 0 Å². The molecule has 1 fully saturated rings. The number of rotatable bonds is 1. The predicted octanol–water partition coefficient (Wildman–Crippen LogP) is 2.13. The molecule has 15 heavy (non-hydrogen) atoms. The van der Waals surface area contributed by atoms with E-state index in [1.54, 1.807) is 0 Å². The molecule has 0 radical (unpaired) electrons. The molecule has 0 N–H and O–H groups in total. The minimum Gasteiger partial charge on any atom is -0.356 e. The lowest BCUT2D eigenvalue weighted by molar-refractivity contribution is -0.0377. The molecule has 0 aliphatic carbocycles. The summed E-state index contributed by atoms with van der Waals surface area (Å²) in [6.45, 7) is 0.832. The van der Waals surface area contributed by atoms with E-state index in [1.165, 1.54) is 6.42 Å². The van der Waals surface area contributed by atoms with Crippen LogP contribution in [0.15, 0.2) is 24.3 Å². The maximum Gasteiger partial charge on any atom is 0.152 e. The van der Waals surface area contributed by atoms with Crippen LogP contribution in [0.25, 0.3) is 11.0 Å². The predicted molar refractivity (Wildman–Crippen MR) is 56.4 cm³/mol. The lowest BCUT2D eigenvalue weighted by Crippen LogP contribution is -2.19. The first-order valence-corrected chi connectivity index (χ1v) is 5.37. The van der Waals surface area contributed by atoms with Crippen molar-refractivity contribution >= 4 is 11.0 Å². The number of ether oxygens (including phenoxy) is 1. The van der Waals surface area contributed by atoms with Crippen LogP contribution in [-0.2, 0) is 4.74 Å². The molecule has 4 heteroatoms. The number of nitrogens with zero attached hydrogens (tertiary/aromatic N) is 3. The second-order valence-electron chi connectivity index (χ2n) is 3.84. The van der Waals surface area contributed by atoms with Crippen molar-refractivity contribution < 1.29 is 4.74 Å². The van der Waals surface area contributed by atoms with E-state index in [1.807, 2.05) is 28.9 Å². The first-order valence-electron chi connectivity index (χ1n) is 5.37. The van der Waals surface area contributed by atoms with E-state index in [-0.39, 0.29) is 6.23 Å². The van der Waals surface area contributed by atoms with Gasteiger partial charge in [-0.2, -0.15) is 0 Å². The van der Waals surface area contributed by atoms with Gasteiger partial charge in [-0.05, 0) is 31.4 Å².